The van der Waals surface area contributed by atoms with Crippen molar-refractivity contribution in [2.45, 2.75) is 26.3 Å². The van der Waals surface area contributed by atoms with Crippen molar-refractivity contribution in [2.24, 2.45) is 0 Å². The van der Waals surface area contributed by atoms with E-state index < -0.39 is 0 Å². The van der Waals surface area contributed by atoms with Gasteiger partial charge >= 0.3 is 0 Å². The van der Waals surface area contributed by atoms with Crippen LogP contribution in [0.1, 0.15) is 41.4 Å². The second kappa shape index (κ2) is 11.1. The highest BCUT2D eigenvalue weighted by Crippen LogP contribution is 2.32. The molecule has 0 aromatic heterocycles. The monoisotopic (exact) mass is 419 g/mol. The van der Waals surface area contributed by atoms with Gasteiger partial charge in [0.2, 0.25) is 0 Å². The van der Waals surface area contributed by atoms with Crippen LogP contribution in [0.2, 0.25) is 0 Å². The number of amides is 1. The van der Waals surface area contributed by atoms with Crippen molar-refractivity contribution in [3.63, 3.8) is 0 Å². The van der Waals surface area contributed by atoms with Crippen LogP contribution in [0.25, 0.3) is 0 Å². The maximum atomic E-state index is 13.0. The Bertz CT molecular complexity index is 970. The predicted octanol–water partition coefficient (Wildman–Crippen LogP) is 5.21. The van der Waals surface area contributed by atoms with E-state index in [1.165, 1.54) is 0 Å². The minimum Gasteiger partial charge on any atom is -0.497 e. The standard InChI is InChI=1S/C26H29NO4/c1-4-30-24-16-13-21(18-25(24)31-5-2)23(17-19-9-7-6-8-10-19)27-26(28)20-11-14-22(29-3)15-12-20/h6-16,18,23H,4-5,17H2,1-3H3,(H,27,28)/t23-/m1/s1. The van der Waals surface area contributed by atoms with Crippen LogP contribution in [0.3, 0.4) is 0 Å². The van der Waals surface area contributed by atoms with E-state index in [1.807, 2.05) is 50.2 Å². The topological polar surface area (TPSA) is 56.8 Å². The van der Waals surface area contributed by atoms with E-state index in [2.05, 4.69) is 17.4 Å². The van der Waals surface area contributed by atoms with Crippen LogP contribution in [0.5, 0.6) is 17.2 Å². The Kier molecular flexibility index (Phi) is 7.93. The van der Waals surface area contributed by atoms with Gasteiger partial charge in [-0.15, -0.1) is 0 Å². The second-order valence-electron chi connectivity index (χ2n) is 7.02. The Labute approximate surface area is 184 Å². The number of benzene rings is 3. The van der Waals surface area contributed by atoms with Crippen molar-refractivity contribution < 1.29 is 19.0 Å². The highest BCUT2D eigenvalue weighted by atomic mass is 16.5. The normalized spacial score (nSPS) is 11.5. The third-order valence-electron chi connectivity index (χ3n) is 4.91. The summed E-state index contributed by atoms with van der Waals surface area (Å²) in [7, 11) is 1.60. The lowest BCUT2D eigenvalue weighted by atomic mass is 9.98. The van der Waals surface area contributed by atoms with Crippen LogP contribution >= 0.6 is 0 Å². The molecule has 5 heteroatoms. The van der Waals surface area contributed by atoms with E-state index in [4.69, 9.17) is 14.2 Å². The Morgan fingerprint density at radius 1 is 0.871 bits per heavy atom. The van der Waals surface area contributed by atoms with Crippen LogP contribution in [0, 0.1) is 0 Å². The first kappa shape index (κ1) is 22.2. The largest absolute Gasteiger partial charge is 0.497 e. The van der Waals surface area contributed by atoms with E-state index in [1.54, 1.807) is 31.4 Å². The zero-order chi connectivity index (χ0) is 22.1. The third-order valence-corrected chi connectivity index (χ3v) is 4.91. The predicted molar refractivity (Wildman–Crippen MR) is 122 cm³/mol. The van der Waals surface area contributed by atoms with E-state index >= 15 is 0 Å². The first-order valence-electron chi connectivity index (χ1n) is 10.5. The first-order valence-corrected chi connectivity index (χ1v) is 10.5. The number of hydrogen-bond acceptors (Lipinski definition) is 4. The van der Waals surface area contributed by atoms with Gasteiger partial charge in [-0.1, -0.05) is 36.4 Å². The van der Waals surface area contributed by atoms with Gasteiger partial charge in [0.05, 0.1) is 26.4 Å². The van der Waals surface area contributed by atoms with Crippen molar-refractivity contribution in [1.29, 1.82) is 0 Å². The van der Waals surface area contributed by atoms with Gasteiger partial charge in [0, 0.05) is 5.56 Å². The highest BCUT2D eigenvalue weighted by molar-refractivity contribution is 5.94. The molecule has 5 nitrogen and oxygen atoms in total. The fraction of sp³-hybridized carbons (Fsp3) is 0.269. The number of hydrogen-bond donors (Lipinski definition) is 1. The van der Waals surface area contributed by atoms with Crippen molar-refractivity contribution in [1.82, 2.24) is 5.32 Å². The van der Waals surface area contributed by atoms with Gasteiger partial charge in [-0.2, -0.15) is 0 Å². The lowest BCUT2D eigenvalue weighted by Gasteiger charge is -2.21. The molecule has 1 amide bonds. The van der Waals surface area contributed by atoms with E-state index in [0.717, 1.165) is 11.1 Å². The first-order chi connectivity index (χ1) is 15.1. The smallest absolute Gasteiger partial charge is 0.251 e. The molecule has 3 rings (SSSR count). The van der Waals surface area contributed by atoms with Crippen molar-refractivity contribution in [2.75, 3.05) is 20.3 Å². The van der Waals surface area contributed by atoms with Gasteiger partial charge in [0.1, 0.15) is 5.75 Å². The molecule has 0 bridgehead atoms. The molecule has 162 valence electrons. The Morgan fingerprint density at radius 2 is 1.55 bits per heavy atom. The lowest BCUT2D eigenvalue weighted by molar-refractivity contribution is 0.0936. The van der Waals surface area contributed by atoms with Crippen LogP contribution in [-0.2, 0) is 6.42 Å². The Hall–Kier alpha value is -3.47. The molecule has 0 radical (unpaired) electrons. The Balaban J connectivity index is 1.90. The van der Waals surface area contributed by atoms with Gasteiger partial charge in [0.15, 0.2) is 11.5 Å². The molecule has 0 spiro atoms. The number of methoxy groups -OCH3 is 1. The summed E-state index contributed by atoms with van der Waals surface area (Å²) in [6.45, 7) is 4.97. The minimum absolute atomic E-state index is 0.143. The summed E-state index contributed by atoms with van der Waals surface area (Å²) in [5.41, 5.74) is 2.67. The summed E-state index contributed by atoms with van der Waals surface area (Å²) in [4.78, 5) is 13.0. The van der Waals surface area contributed by atoms with E-state index in [-0.39, 0.29) is 11.9 Å². The van der Waals surface area contributed by atoms with Crippen LogP contribution in [0.4, 0.5) is 0 Å². The van der Waals surface area contributed by atoms with Gasteiger partial charge < -0.3 is 19.5 Å². The third kappa shape index (κ3) is 6.01. The molecule has 1 N–H and O–H groups in total. The summed E-state index contributed by atoms with van der Waals surface area (Å²) in [5.74, 6) is 1.95. The molecule has 3 aromatic carbocycles. The van der Waals surface area contributed by atoms with E-state index in [9.17, 15) is 4.79 Å². The molecule has 0 aliphatic heterocycles. The summed E-state index contributed by atoms with van der Waals surface area (Å²) < 4.78 is 16.7. The SMILES string of the molecule is CCOc1ccc([C@@H](Cc2ccccc2)NC(=O)c2ccc(OC)cc2)cc1OCC. The molecule has 31 heavy (non-hydrogen) atoms. The Morgan fingerprint density at radius 3 is 2.19 bits per heavy atom. The molecule has 0 aliphatic rings. The van der Waals surface area contributed by atoms with Crippen molar-refractivity contribution >= 4 is 5.91 Å². The van der Waals surface area contributed by atoms with Gasteiger partial charge in [-0.05, 0) is 67.8 Å². The number of carbonyl (C=O) groups is 1. The van der Waals surface area contributed by atoms with Gasteiger partial charge in [-0.3, -0.25) is 4.79 Å². The zero-order valence-electron chi connectivity index (χ0n) is 18.3. The summed E-state index contributed by atoms with van der Waals surface area (Å²) in [6, 6.07) is 22.8. The molecule has 1 atom stereocenters. The molecular weight excluding hydrogens is 390 g/mol. The number of ether oxygens (including phenoxy) is 3. The van der Waals surface area contributed by atoms with E-state index in [0.29, 0.717) is 42.4 Å². The van der Waals surface area contributed by atoms with Gasteiger partial charge in [0.25, 0.3) is 5.91 Å². The van der Waals surface area contributed by atoms with Crippen molar-refractivity contribution in [3.8, 4) is 17.2 Å². The zero-order valence-corrected chi connectivity index (χ0v) is 18.3. The highest BCUT2D eigenvalue weighted by Gasteiger charge is 2.19. The van der Waals surface area contributed by atoms with Crippen LogP contribution in [-0.4, -0.2) is 26.2 Å². The fourth-order valence-electron chi connectivity index (χ4n) is 3.37. The number of rotatable bonds is 10. The maximum absolute atomic E-state index is 13.0. The molecule has 0 heterocycles. The molecular formula is C26H29NO4. The van der Waals surface area contributed by atoms with Crippen LogP contribution in [0.15, 0.2) is 72.8 Å². The van der Waals surface area contributed by atoms with Gasteiger partial charge in [-0.25, -0.2) is 0 Å². The fourth-order valence-corrected chi connectivity index (χ4v) is 3.37. The number of carbonyl (C=O) groups excluding carboxylic acids is 1. The molecule has 0 saturated heterocycles. The molecule has 0 aliphatic carbocycles. The molecule has 0 unspecified atom stereocenters. The minimum atomic E-state index is -0.230. The quantitative estimate of drug-likeness (QED) is 0.490. The number of nitrogens with one attached hydrogen (secondary N) is 1. The average Bonchev–Trinajstić information content (AvgIpc) is 2.81. The van der Waals surface area contributed by atoms with Crippen molar-refractivity contribution in [3.05, 3.63) is 89.5 Å². The maximum Gasteiger partial charge on any atom is 0.251 e. The molecule has 0 saturated carbocycles. The molecule has 0 fully saturated rings. The lowest BCUT2D eigenvalue weighted by Crippen LogP contribution is -2.30. The van der Waals surface area contributed by atoms with Crippen LogP contribution < -0.4 is 19.5 Å². The average molecular weight is 420 g/mol. The molecule has 3 aromatic rings. The summed E-state index contributed by atoms with van der Waals surface area (Å²) >= 11 is 0. The second-order valence-corrected chi connectivity index (χ2v) is 7.02. The summed E-state index contributed by atoms with van der Waals surface area (Å²) in [5, 5.41) is 3.18. The summed E-state index contributed by atoms with van der Waals surface area (Å²) in [6.07, 6.45) is 0.655.